The van der Waals surface area contributed by atoms with E-state index >= 15 is 0 Å². The van der Waals surface area contributed by atoms with Crippen LogP contribution in [0.2, 0.25) is 0 Å². The van der Waals surface area contributed by atoms with Crippen molar-refractivity contribution in [1.82, 2.24) is 15.1 Å². The van der Waals surface area contributed by atoms with Crippen molar-refractivity contribution in [2.24, 2.45) is 0 Å². The lowest BCUT2D eigenvalue weighted by molar-refractivity contribution is 0.0825. The van der Waals surface area contributed by atoms with Crippen LogP contribution in [0, 0.1) is 0 Å². The van der Waals surface area contributed by atoms with Gasteiger partial charge in [-0.3, -0.25) is 24.6 Å². The van der Waals surface area contributed by atoms with Crippen LogP contribution < -0.4 is 21.8 Å². The zero-order chi connectivity index (χ0) is 17.9. The summed E-state index contributed by atoms with van der Waals surface area (Å²) in [5, 5.41) is 20.3. The molecule has 9 heteroatoms. The number of H-pyrrole nitrogens is 2. The van der Waals surface area contributed by atoms with Crippen LogP contribution in [0.1, 0.15) is 17.3 Å². The molecule has 128 valence electrons. The second-order valence-corrected chi connectivity index (χ2v) is 5.21. The largest absolute Gasteiger partial charge is 0.505 e. The predicted molar refractivity (Wildman–Crippen MR) is 91.3 cm³/mol. The SMILES string of the molecule is CCNc1c(Nc2cccc(C(=O)N(C)C)c2O)c(=O)[nH][nH]c1=O. The van der Waals surface area contributed by atoms with Gasteiger partial charge in [0.25, 0.3) is 17.0 Å². The van der Waals surface area contributed by atoms with Crippen molar-refractivity contribution in [3.8, 4) is 5.75 Å². The highest BCUT2D eigenvalue weighted by molar-refractivity contribution is 5.98. The standard InChI is InChI=1S/C15H19N5O4/c1-4-16-10-11(14(23)19-18-13(10)22)17-9-7-5-6-8(12(9)21)15(24)20(2)3/h5-7,21H,4H2,1-3H3,(H2,16,19,23)(H2,17,18,22). The molecule has 0 aliphatic rings. The topological polar surface area (TPSA) is 130 Å². The van der Waals surface area contributed by atoms with Crippen LogP contribution in [-0.4, -0.2) is 46.8 Å². The van der Waals surface area contributed by atoms with Crippen molar-refractivity contribution >= 4 is 23.0 Å². The van der Waals surface area contributed by atoms with E-state index in [1.165, 1.54) is 17.0 Å². The molecule has 1 amide bonds. The number of amides is 1. The van der Waals surface area contributed by atoms with Gasteiger partial charge in [-0.2, -0.15) is 0 Å². The Morgan fingerprint density at radius 3 is 2.38 bits per heavy atom. The van der Waals surface area contributed by atoms with E-state index in [1.807, 2.05) is 0 Å². The third-order valence-electron chi connectivity index (χ3n) is 3.28. The van der Waals surface area contributed by atoms with Gasteiger partial charge in [-0.05, 0) is 19.1 Å². The number of benzene rings is 1. The lowest BCUT2D eigenvalue weighted by Gasteiger charge is -2.15. The van der Waals surface area contributed by atoms with E-state index in [0.717, 1.165) is 0 Å². The molecule has 0 saturated carbocycles. The molecule has 0 bridgehead atoms. The fourth-order valence-electron chi connectivity index (χ4n) is 2.12. The van der Waals surface area contributed by atoms with Crippen molar-refractivity contribution in [3.63, 3.8) is 0 Å². The number of aromatic nitrogens is 2. The van der Waals surface area contributed by atoms with E-state index in [1.54, 1.807) is 27.1 Å². The van der Waals surface area contributed by atoms with Gasteiger partial charge in [-0.15, -0.1) is 0 Å². The Bertz CT molecular complexity index is 869. The van der Waals surface area contributed by atoms with Crippen LogP contribution in [0.5, 0.6) is 5.75 Å². The Balaban J connectivity index is 2.52. The zero-order valence-electron chi connectivity index (χ0n) is 13.6. The fraction of sp³-hybridized carbons (Fsp3) is 0.267. The molecule has 0 aliphatic heterocycles. The number of carbonyl (C=O) groups is 1. The average molecular weight is 333 g/mol. The minimum absolute atomic E-state index is 0.0463. The van der Waals surface area contributed by atoms with Crippen molar-refractivity contribution in [2.45, 2.75) is 6.92 Å². The third-order valence-corrected chi connectivity index (χ3v) is 3.28. The minimum Gasteiger partial charge on any atom is -0.505 e. The first-order valence-electron chi connectivity index (χ1n) is 7.26. The highest BCUT2D eigenvalue weighted by Crippen LogP contribution is 2.31. The molecule has 0 spiro atoms. The molecule has 1 aromatic heterocycles. The van der Waals surface area contributed by atoms with Gasteiger partial charge in [0.15, 0.2) is 5.75 Å². The molecular weight excluding hydrogens is 314 g/mol. The van der Waals surface area contributed by atoms with Crippen LogP contribution in [0.3, 0.4) is 0 Å². The Morgan fingerprint density at radius 2 is 1.79 bits per heavy atom. The highest BCUT2D eigenvalue weighted by Gasteiger charge is 2.18. The van der Waals surface area contributed by atoms with Gasteiger partial charge < -0.3 is 20.6 Å². The molecule has 0 saturated heterocycles. The van der Waals surface area contributed by atoms with Crippen LogP contribution >= 0.6 is 0 Å². The van der Waals surface area contributed by atoms with E-state index in [0.29, 0.717) is 6.54 Å². The number of carbonyl (C=O) groups excluding carboxylic acids is 1. The van der Waals surface area contributed by atoms with Crippen LogP contribution in [0.15, 0.2) is 27.8 Å². The van der Waals surface area contributed by atoms with Gasteiger partial charge >= 0.3 is 0 Å². The number of aromatic hydroxyl groups is 1. The lowest BCUT2D eigenvalue weighted by atomic mass is 10.1. The molecular formula is C15H19N5O4. The third kappa shape index (κ3) is 3.24. The summed E-state index contributed by atoms with van der Waals surface area (Å²) in [4.78, 5) is 37.3. The molecule has 1 heterocycles. The molecule has 5 N–H and O–H groups in total. The number of rotatable bonds is 5. The summed E-state index contributed by atoms with van der Waals surface area (Å²) in [5.74, 6) is -0.693. The van der Waals surface area contributed by atoms with E-state index < -0.39 is 11.1 Å². The molecule has 0 atom stereocenters. The molecule has 1 aromatic carbocycles. The number of para-hydroxylation sites is 1. The second-order valence-electron chi connectivity index (χ2n) is 5.21. The van der Waals surface area contributed by atoms with Crippen LogP contribution in [0.25, 0.3) is 0 Å². The number of anilines is 3. The zero-order valence-corrected chi connectivity index (χ0v) is 13.6. The number of nitrogens with zero attached hydrogens (tertiary/aromatic N) is 1. The summed E-state index contributed by atoms with van der Waals surface area (Å²) < 4.78 is 0. The maximum absolute atomic E-state index is 12.1. The van der Waals surface area contributed by atoms with E-state index in [9.17, 15) is 19.5 Å². The molecule has 0 radical (unpaired) electrons. The molecule has 0 unspecified atom stereocenters. The van der Waals surface area contributed by atoms with Crippen molar-refractivity contribution in [3.05, 3.63) is 44.5 Å². The summed E-state index contributed by atoms with van der Waals surface area (Å²) in [6.45, 7) is 2.20. The van der Waals surface area contributed by atoms with E-state index in [2.05, 4.69) is 20.8 Å². The fourth-order valence-corrected chi connectivity index (χ4v) is 2.12. The van der Waals surface area contributed by atoms with Crippen molar-refractivity contribution in [2.75, 3.05) is 31.3 Å². The van der Waals surface area contributed by atoms with Crippen LogP contribution in [0.4, 0.5) is 17.1 Å². The molecule has 2 aromatic rings. The molecule has 24 heavy (non-hydrogen) atoms. The summed E-state index contributed by atoms with van der Waals surface area (Å²) in [7, 11) is 3.12. The predicted octanol–water partition coefficient (Wildman–Crippen LogP) is 0.646. The van der Waals surface area contributed by atoms with Gasteiger partial charge in [-0.1, -0.05) is 6.07 Å². The Morgan fingerprint density at radius 1 is 1.17 bits per heavy atom. The number of hydrogen-bond donors (Lipinski definition) is 5. The second kappa shape index (κ2) is 6.90. The highest BCUT2D eigenvalue weighted by atomic mass is 16.3. The number of phenols is 1. The summed E-state index contributed by atoms with van der Waals surface area (Å²) in [5.41, 5.74) is -0.877. The van der Waals surface area contributed by atoms with Gasteiger partial charge in [0.05, 0.1) is 11.3 Å². The van der Waals surface area contributed by atoms with E-state index in [4.69, 9.17) is 0 Å². The van der Waals surface area contributed by atoms with Gasteiger partial charge in [0.2, 0.25) is 0 Å². The number of nitrogens with one attached hydrogen (secondary N) is 4. The first-order chi connectivity index (χ1) is 11.4. The Kier molecular flexibility index (Phi) is 4.93. The van der Waals surface area contributed by atoms with Crippen LogP contribution in [-0.2, 0) is 0 Å². The summed E-state index contributed by atoms with van der Waals surface area (Å²) in [6.07, 6.45) is 0. The van der Waals surface area contributed by atoms with Gasteiger partial charge in [0, 0.05) is 20.6 Å². The number of aromatic amines is 2. The quantitative estimate of drug-likeness (QED) is 0.511. The maximum atomic E-state index is 12.1. The van der Waals surface area contributed by atoms with Crippen molar-refractivity contribution in [1.29, 1.82) is 0 Å². The Hall–Kier alpha value is -3.23. The maximum Gasteiger partial charge on any atom is 0.288 e. The number of hydrogen-bond acceptors (Lipinski definition) is 6. The molecule has 9 nitrogen and oxygen atoms in total. The van der Waals surface area contributed by atoms with Gasteiger partial charge in [-0.25, -0.2) is 0 Å². The number of phenolic OH excluding ortho intramolecular Hbond substituents is 1. The summed E-state index contributed by atoms with van der Waals surface area (Å²) >= 11 is 0. The Labute approximate surface area is 137 Å². The van der Waals surface area contributed by atoms with Gasteiger partial charge in [0.1, 0.15) is 11.4 Å². The lowest BCUT2D eigenvalue weighted by Crippen LogP contribution is -2.26. The average Bonchev–Trinajstić information content (AvgIpc) is 2.55. The summed E-state index contributed by atoms with van der Waals surface area (Å²) in [6, 6.07) is 4.53. The first-order valence-corrected chi connectivity index (χ1v) is 7.26. The smallest absolute Gasteiger partial charge is 0.288 e. The molecule has 2 rings (SSSR count). The minimum atomic E-state index is -0.575. The van der Waals surface area contributed by atoms with Crippen molar-refractivity contribution < 1.29 is 9.90 Å². The van der Waals surface area contributed by atoms with E-state index in [-0.39, 0.29) is 34.3 Å². The molecule has 0 fully saturated rings. The molecule has 0 aliphatic carbocycles. The monoisotopic (exact) mass is 333 g/mol. The first kappa shape index (κ1) is 17.1. The normalized spacial score (nSPS) is 10.3.